The van der Waals surface area contributed by atoms with E-state index in [0.29, 0.717) is 35.9 Å². The number of benzene rings is 1. The Bertz CT molecular complexity index is 1090. The van der Waals surface area contributed by atoms with E-state index in [9.17, 15) is 9.59 Å². The molecule has 0 fully saturated rings. The van der Waals surface area contributed by atoms with Crippen molar-refractivity contribution in [2.75, 3.05) is 17.3 Å². The summed E-state index contributed by atoms with van der Waals surface area (Å²) in [4.78, 5) is 35.2. The van der Waals surface area contributed by atoms with Gasteiger partial charge in [0.15, 0.2) is 0 Å². The fourth-order valence-corrected chi connectivity index (χ4v) is 3.54. The first-order chi connectivity index (χ1) is 14.4. The Kier molecular flexibility index (Phi) is 5.18. The zero-order valence-corrected chi connectivity index (χ0v) is 17.1. The van der Waals surface area contributed by atoms with Crippen molar-refractivity contribution in [2.24, 2.45) is 0 Å². The number of aryl methyl sites for hydroxylation is 3. The van der Waals surface area contributed by atoms with Gasteiger partial charge in [-0.2, -0.15) is 5.10 Å². The predicted octanol–water partition coefficient (Wildman–Crippen LogP) is 2.20. The zero-order chi connectivity index (χ0) is 21.3. The van der Waals surface area contributed by atoms with E-state index in [2.05, 4.69) is 25.7 Å². The largest absolute Gasteiger partial charge is 0.335 e. The second-order valence-corrected chi connectivity index (χ2v) is 7.21. The van der Waals surface area contributed by atoms with E-state index in [1.54, 1.807) is 23.0 Å². The summed E-state index contributed by atoms with van der Waals surface area (Å²) in [5.41, 5.74) is 2.14. The van der Waals surface area contributed by atoms with Gasteiger partial charge in [-0.25, -0.2) is 14.6 Å². The van der Waals surface area contributed by atoms with E-state index in [1.807, 2.05) is 50.1 Å². The van der Waals surface area contributed by atoms with E-state index >= 15 is 0 Å². The molecule has 9 nitrogen and oxygen atoms in total. The second-order valence-electron chi connectivity index (χ2n) is 7.21. The molecule has 3 heterocycles. The molecule has 154 valence electrons. The molecule has 1 aliphatic rings. The molecule has 0 saturated carbocycles. The number of hydrogen-bond acceptors (Lipinski definition) is 6. The molecule has 1 aromatic carbocycles. The van der Waals surface area contributed by atoms with Crippen molar-refractivity contribution in [1.82, 2.24) is 25.1 Å². The number of pyridine rings is 1. The summed E-state index contributed by atoms with van der Waals surface area (Å²) in [6.45, 7) is 4.17. The van der Waals surface area contributed by atoms with Gasteiger partial charge in [-0.1, -0.05) is 12.1 Å². The third-order valence-corrected chi connectivity index (χ3v) is 5.04. The predicted molar refractivity (Wildman–Crippen MR) is 112 cm³/mol. The lowest BCUT2D eigenvalue weighted by Gasteiger charge is -2.35. The van der Waals surface area contributed by atoms with Crippen LogP contribution in [0.5, 0.6) is 0 Å². The van der Waals surface area contributed by atoms with Gasteiger partial charge in [0, 0.05) is 25.4 Å². The van der Waals surface area contributed by atoms with Crippen molar-refractivity contribution in [3.63, 3.8) is 0 Å². The number of hydrogen-bond donors (Lipinski definition) is 2. The van der Waals surface area contributed by atoms with Crippen LogP contribution in [-0.2, 0) is 11.3 Å². The third-order valence-electron chi connectivity index (χ3n) is 5.04. The quantitative estimate of drug-likeness (QED) is 0.674. The first-order valence-corrected chi connectivity index (χ1v) is 9.69. The molecular formula is C21H23N7O2. The van der Waals surface area contributed by atoms with Crippen LogP contribution in [0.15, 0.2) is 42.6 Å². The van der Waals surface area contributed by atoms with Crippen LogP contribution in [0.2, 0.25) is 0 Å². The number of amides is 2. The number of nitrogens with one attached hydrogen (secondary N) is 2. The van der Waals surface area contributed by atoms with Gasteiger partial charge in [-0.15, -0.1) is 0 Å². The third kappa shape index (κ3) is 3.86. The summed E-state index contributed by atoms with van der Waals surface area (Å²) in [6.07, 6.45) is 1.64. The van der Waals surface area contributed by atoms with Crippen molar-refractivity contribution in [1.29, 1.82) is 0 Å². The van der Waals surface area contributed by atoms with Crippen molar-refractivity contribution in [3.8, 4) is 0 Å². The van der Waals surface area contributed by atoms with Crippen LogP contribution in [0.3, 0.4) is 0 Å². The Labute approximate surface area is 174 Å². The monoisotopic (exact) mass is 405 g/mol. The summed E-state index contributed by atoms with van der Waals surface area (Å²) in [7, 11) is 1.89. The molecule has 0 spiro atoms. The van der Waals surface area contributed by atoms with Gasteiger partial charge in [0.05, 0.1) is 12.1 Å². The molecule has 0 radical (unpaired) electrons. The van der Waals surface area contributed by atoms with Gasteiger partial charge < -0.3 is 15.5 Å². The van der Waals surface area contributed by atoms with E-state index in [1.165, 1.54) is 0 Å². The highest BCUT2D eigenvalue weighted by molar-refractivity contribution is 6.01. The maximum Gasteiger partial charge on any atom is 0.256 e. The van der Waals surface area contributed by atoms with Gasteiger partial charge in [-0.05, 0) is 43.7 Å². The van der Waals surface area contributed by atoms with E-state index in [-0.39, 0.29) is 18.0 Å². The van der Waals surface area contributed by atoms with Gasteiger partial charge in [0.25, 0.3) is 5.91 Å². The number of aromatic nitrogens is 4. The summed E-state index contributed by atoms with van der Waals surface area (Å²) in [6, 6.07) is 10.9. The number of fused-ring (bicyclic) bond motifs is 1. The Hall–Kier alpha value is -3.75. The Morgan fingerprint density at radius 1 is 1.20 bits per heavy atom. The van der Waals surface area contributed by atoms with Gasteiger partial charge in [0.1, 0.15) is 23.6 Å². The first-order valence-electron chi connectivity index (χ1n) is 9.69. The van der Waals surface area contributed by atoms with Gasteiger partial charge in [0.2, 0.25) is 5.91 Å². The smallest absolute Gasteiger partial charge is 0.256 e. The summed E-state index contributed by atoms with van der Waals surface area (Å²) in [5.74, 6) is 1.87. The number of anilines is 2. The molecule has 0 aliphatic carbocycles. The Morgan fingerprint density at radius 3 is 2.67 bits per heavy atom. The molecule has 0 saturated heterocycles. The van der Waals surface area contributed by atoms with Crippen LogP contribution < -0.4 is 15.5 Å². The van der Waals surface area contributed by atoms with Crippen LogP contribution >= 0.6 is 0 Å². The van der Waals surface area contributed by atoms with E-state index in [0.717, 1.165) is 11.4 Å². The minimum Gasteiger partial charge on any atom is -0.335 e. The lowest BCUT2D eigenvalue weighted by atomic mass is 10.1. The minimum absolute atomic E-state index is 0.100. The minimum atomic E-state index is -0.330. The fraction of sp³-hybridized carbons (Fsp3) is 0.286. The van der Waals surface area contributed by atoms with Crippen LogP contribution in [0.1, 0.15) is 40.2 Å². The number of carbonyl (C=O) groups is 2. The van der Waals surface area contributed by atoms with Crippen molar-refractivity contribution >= 4 is 23.3 Å². The molecule has 3 aromatic rings. The van der Waals surface area contributed by atoms with E-state index in [4.69, 9.17) is 0 Å². The van der Waals surface area contributed by atoms with Crippen LogP contribution in [0.4, 0.5) is 11.5 Å². The zero-order valence-electron chi connectivity index (χ0n) is 17.1. The van der Waals surface area contributed by atoms with Crippen LogP contribution in [0.25, 0.3) is 0 Å². The average molecular weight is 405 g/mol. The molecule has 30 heavy (non-hydrogen) atoms. The molecule has 2 amide bonds. The maximum absolute atomic E-state index is 12.4. The average Bonchev–Trinajstić information content (AvgIpc) is 3.07. The molecule has 0 bridgehead atoms. The van der Waals surface area contributed by atoms with Crippen molar-refractivity contribution < 1.29 is 9.59 Å². The first kappa shape index (κ1) is 19.6. The molecule has 4 rings (SSSR count). The maximum atomic E-state index is 12.4. The number of carbonyl (C=O) groups excluding carboxylic acids is 2. The molecule has 9 heteroatoms. The lowest BCUT2D eigenvalue weighted by molar-refractivity contribution is -0.116. The molecule has 1 aliphatic heterocycles. The lowest BCUT2D eigenvalue weighted by Crippen LogP contribution is -2.45. The topological polar surface area (TPSA) is 105 Å². The van der Waals surface area contributed by atoms with E-state index < -0.39 is 0 Å². The highest BCUT2D eigenvalue weighted by Crippen LogP contribution is 2.30. The molecule has 1 atom stereocenters. The summed E-state index contributed by atoms with van der Waals surface area (Å²) < 4.78 is 1.73. The Balaban J connectivity index is 1.40. The van der Waals surface area contributed by atoms with Crippen molar-refractivity contribution in [3.05, 3.63) is 65.4 Å². The normalized spacial score (nSPS) is 15.5. The Morgan fingerprint density at radius 2 is 1.97 bits per heavy atom. The SMILES string of the molecule is Cc1nc(C)n(CCC(=O)Nc2ccc(C3NC(=O)c4cccnc4N3C)cc2)n1. The van der Waals surface area contributed by atoms with Crippen LogP contribution in [-0.4, -0.2) is 38.6 Å². The standard InChI is InChI=1S/C21H23N7O2/c1-13-23-14(2)28(26-13)12-10-18(29)24-16-8-6-15(7-9-16)19-25-21(30)17-5-4-11-22-20(17)27(19)3/h4-9,11,19H,10,12H2,1-3H3,(H,24,29)(H,25,30). The second kappa shape index (κ2) is 7.94. The molecule has 2 aromatic heterocycles. The fourth-order valence-electron chi connectivity index (χ4n) is 3.54. The number of rotatable bonds is 5. The number of nitrogens with zero attached hydrogens (tertiary/aromatic N) is 5. The summed E-state index contributed by atoms with van der Waals surface area (Å²) >= 11 is 0. The highest BCUT2D eigenvalue weighted by atomic mass is 16.2. The highest BCUT2D eigenvalue weighted by Gasteiger charge is 2.30. The van der Waals surface area contributed by atoms with Crippen LogP contribution in [0, 0.1) is 13.8 Å². The molecule has 1 unspecified atom stereocenters. The van der Waals surface area contributed by atoms with Gasteiger partial charge >= 0.3 is 0 Å². The molecular weight excluding hydrogens is 382 g/mol. The summed E-state index contributed by atoms with van der Waals surface area (Å²) in [5, 5.41) is 10.1. The van der Waals surface area contributed by atoms with Gasteiger partial charge in [-0.3, -0.25) is 9.59 Å². The molecule has 2 N–H and O–H groups in total. The van der Waals surface area contributed by atoms with Crippen molar-refractivity contribution in [2.45, 2.75) is 33.0 Å².